The lowest BCUT2D eigenvalue weighted by molar-refractivity contribution is 0.0955. The SMILES string of the molecule is Cc1cc(C(=O)NCCc2ccccc2C)c2cc(O)ccc2n1. The van der Waals surface area contributed by atoms with E-state index in [9.17, 15) is 9.90 Å². The fourth-order valence-corrected chi connectivity index (χ4v) is 2.83. The molecule has 0 aliphatic carbocycles. The number of aryl methyl sites for hydroxylation is 2. The number of aromatic hydroxyl groups is 1. The quantitative estimate of drug-likeness (QED) is 0.773. The van der Waals surface area contributed by atoms with Gasteiger partial charge >= 0.3 is 0 Å². The normalized spacial score (nSPS) is 10.8. The fourth-order valence-electron chi connectivity index (χ4n) is 2.83. The molecular formula is C20H20N2O2. The van der Waals surface area contributed by atoms with Crippen molar-refractivity contribution < 1.29 is 9.90 Å². The highest BCUT2D eigenvalue weighted by molar-refractivity contribution is 6.06. The second-order valence-corrected chi connectivity index (χ2v) is 5.95. The average molecular weight is 320 g/mol. The Morgan fingerprint density at radius 2 is 1.92 bits per heavy atom. The molecule has 3 rings (SSSR count). The summed E-state index contributed by atoms with van der Waals surface area (Å²) in [7, 11) is 0. The van der Waals surface area contributed by atoms with Crippen molar-refractivity contribution in [1.29, 1.82) is 0 Å². The molecule has 3 aromatic rings. The summed E-state index contributed by atoms with van der Waals surface area (Å²) in [6, 6.07) is 14.8. The van der Waals surface area contributed by atoms with Gasteiger partial charge in [0.2, 0.25) is 0 Å². The molecule has 2 N–H and O–H groups in total. The molecule has 2 aromatic carbocycles. The number of rotatable bonds is 4. The van der Waals surface area contributed by atoms with Crippen LogP contribution in [-0.2, 0) is 6.42 Å². The van der Waals surface area contributed by atoms with Gasteiger partial charge in [-0.25, -0.2) is 0 Å². The largest absolute Gasteiger partial charge is 0.508 e. The Morgan fingerprint density at radius 3 is 2.71 bits per heavy atom. The molecule has 1 amide bonds. The van der Waals surface area contributed by atoms with E-state index < -0.39 is 0 Å². The number of phenols is 1. The van der Waals surface area contributed by atoms with Crippen molar-refractivity contribution in [2.75, 3.05) is 6.54 Å². The van der Waals surface area contributed by atoms with Crippen molar-refractivity contribution in [2.24, 2.45) is 0 Å². The van der Waals surface area contributed by atoms with Gasteiger partial charge in [0.05, 0.1) is 11.1 Å². The summed E-state index contributed by atoms with van der Waals surface area (Å²) in [5.74, 6) is -0.0215. The smallest absolute Gasteiger partial charge is 0.252 e. The fraction of sp³-hybridized carbons (Fsp3) is 0.200. The number of hydrogen-bond acceptors (Lipinski definition) is 3. The zero-order valence-electron chi connectivity index (χ0n) is 13.8. The van der Waals surface area contributed by atoms with Crippen LogP contribution in [0, 0.1) is 13.8 Å². The van der Waals surface area contributed by atoms with E-state index in [1.165, 1.54) is 11.1 Å². The summed E-state index contributed by atoms with van der Waals surface area (Å²) < 4.78 is 0. The number of fused-ring (bicyclic) bond motifs is 1. The lowest BCUT2D eigenvalue weighted by Gasteiger charge is -2.10. The summed E-state index contributed by atoms with van der Waals surface area (Å²) in [6.07, 6.45) is 0.783. The van der Waals surface area contributed by atoms with Crippen molar-refractivity contribution >= 4 is 16.8 Å². The topological polar surface area (TPSA) is 62.2 Å². The maximum Gasteiger partial charge on any atom is 0.252 e. The Morgan fingerprint density at radius 1 is 1.12 bits per heavy atom. The molecule has 1 aromatic heterocycles. The van der Waals surface area contributed by atoms with Crippen LogP contribution < -0.4 is 5.32 Å². The van der Waals surface area contributed by atoms with Crippen LogP contribution in [0.5, 0.6) is 5.75 Å². The molecule has 0 spiro atoms. The Balaban J connectivity index is 1.79. The maximum absolute atomic E-state index is 12.6. The van der Waals surface area contributed by atoms with E-state index in [1.807, 2.05) is 19.1 Å². The van der Waals surface area contributed by atoms with Gasteiger partial charge < -0.3 is 10.4 Å². The Bertz CT molecular complexity index is 903. The predicted molar refractivity (Wildman–Crippen MR) is 95.4 cm³/mol. The van der Waals surface area contributed by atoms with Crippen molar-refractivity contribution in [3.05, 3.63) is 70.9 Å². The van der Waals surface area contributed by atoms with Crippen LogP contribution in [0.1, 0.15) is 27.2 Å². The van der Waals surface area contributed by atoms with Gasteiger partial charge in [0.1, 0.15) is 5.75 Å². The Kier molecular flexibility index (Phi) is 4.47. The number of pyridine rings is 1. The number of aromatic nitrogens is 1. The number of carbonyl (C=O) groups is 1. The van der Waals surface area contributed by atoms with Gasteiger partial charge in [-0.3, -0.25) is 9.78 Å². The predicted octanol–water partition coefficient (Wildman–Crippen LogP) is 3.53. The Hall–Kier alpha value is -2.88. The maximum atomic E-state index is 12.6. The van der Waals surface area contributed by atoms with Crippen molar-refractivity contribution in [2.45, 2.75) is 20.3 Å². The summed E-state index contributed by atoms with van der Waals surface area (Å²) in [5, 5.41) is 13.3. The van der Waals surface area contributed by atoms with Crippen LogP contribution in [0.4, 0.5) is 0 Å². The zero-order valence-corrected chi connectivity index (χ0v) is 13.8. The van der Waals surface area contributed by atoms with E-state index in [-0.39, 0.29) is 11.7 Å². The van der Waals surface area contributed by atoms with E-state index in [2.05, 4.69) is 29.4 Å². The lowest BCUT2D eigenvalue weighted by Crippen LogP contribution is -2.26. The third kappa shape index (κ3) is 3.38. The molecule has 4 heteroatoms. The molecule has 0 atom stereocenters. The molecule has 1 heterocycles. The first-order valence-corrected chi connectivity index (χ1v) is 7.97. The lowest BCUT2D eigenvalue weighted by atomic mass is 10.1. The number of benzene rings is 2. The zero-order chi connectivity index (χ0) is 17.1. The second kappa shape index (κ2) is 6.71. The third-order valence-corrected chi connectivity index (χ3v) is 4.11. The minimum Gasteiger partial charge on any atom is -0.508 e. The molecule has 0 saturated carbocycles. The van der Waals surface area contributed by atoms with Crippen LogP contribution in [0.25, 0.3) is 10.9 Å². The Labute approximate surface area is 141 Å². The van der Waals surface area contributed by atoms with Gasteiger partial charge in [-0.1, -0.05) is 24.3 Å². The monoisotopic (exact) mass is 320 g/mol. The molecule has 0 saturated heterocycles. The summed E-state index contributed by atoms with van der Waals surface area (Å²) in [6.45, 7) is 4.49. The second-order valence-electron chi connectivity index (χ2n) is 5.95. The minimum atomic E-state index is -0.148. The van der Waals surface area contributed by atoms with Crippen LogP contribution in [0.2, 0.25) is 0 Å². The number of phenolic OH excluding ortho intramolecular Hbond substituents is 1. The highest BCUT2D eigenvalue weighted by Crippen LogP contribution is 2.23. The molecule has 0 aliphatic heterocycles. The first-order valence-electron chi connectivity index (χ1n) is 7.97. The number of nitrogens with one attached hydrogen (secondary N) is 1. The van der Waals surface area contributed by atoms with Crippen LogP contribution in [-0.4, -0.2) is 22.5 Å². The molecule has 0 bridgehead atoms. The molecule has 0 aliphatic rings. The molecule has 24 heavy (non-hydrogen) atoms. The van der Waals surface area contributed by atoms with Crippen LogP contribution in [0.15, 0.2) is 48.5 Å². The van der Waals surface area contributed by atoms with E-state index in [1.54, 1.807) is 24.3 Å². The first-order chi connectivity index (χ1) is 11.5. The van der Waals surface area contributed by atoms with Gasteiger partial charge in [0, 0.05) is 17.6 Å². The van der Waals surface area contributed by atoms with Crippen LogP contribution >= 0.6 is 0 Å². The number of nitrogens with zero attached hydrogens (tertiary/aromatic N) is 1. The van der Waals surface area contributed by atoms with E-state index >= 15 is 0 Å². The van der Waals surface area contributed by atoms with Gasteiger partial charge in [0.15, 0.2) is 0 Å². The van der Waals surface area contributed by atoms with Gasteiger partial charge in [-0.2, -0.15) is 0 Å². The molecule has 122 valence electrons. The molecular weight excluding hydrogens is 300 g/mol. The van der Waals surface area contributed by atoms with Crippen molar-refractivity contribution in [3.63, 3.8) is 0 Å². The van der Waals surface area contributed by atoms with Gasteiger partial charge in [-0.15, -0.1) is 0 Å². The van der Waals surface area contributed by atoms with E-state index in [0.717, 1.165) is 12.1 Å². The van der Waals surface area contributed by atoms with E-state index in [4.69, 9.17) is 0 Å². The average Bonchev–Trinajstić information content (AvgIpc) is 2.56. The van der Waals surface area contributed by atoms with Crippen molar-refractivity contribution in [3.8, 4) is 5.75 Å². The molecule has 0 fully saturated rings. The highest BCUT2D eigenvalue weighted by atomic mass is 16.3. The van der Waals surface area contributed by atoms with Crippen LogP contribution in [0.3, 0.4) is 0 Å². The molecule has 0 radical (unpaired) electrons. The summed E-state index contributed by atoms with van der Waals surface area (Å²) in [4.78, 5) is 17.0. The van der Waals surface area contributed by atoms with Crippen molar-refractivity contribution in [1.82, 2.24) is 10.3 Å². The molecule has 4 nitrogen and oxygen atoms in total. The number of hydrogen-bond donors (Lipinski definition) is 2. The summed E-state index contributed by atoms with van der Waals surface area (Å²) in [5.41, 5.74) is 4.47. The minimum absolute atomic E-state index is 0.127. The number of carbonyl (C=O) groups excluding carboxylic acids is 1. The third-order valence-electron chi connectivity index (χ3n) is 4.11. The highest BCUT2D eigenvalue weighted by Gasteiger charge is 2.12. The summed E-state index contributed by atoms with van der Waals surface area (Å²) >= 11 is 0. The van der Waals surface area contributed by atoms with E-state index in [0.29, 0.717) is 23.0 Å². The van der Waals surface area contributed by atoms with Gasteiger partial charge in [0.25, 0.3) is 5.91 Å². The molecule has 0 unspecified atom stereocenters. The standard InChI is InChI=1S/C20H20N2O2/c1-13-5-3-4-6-15(13)9-10-21-20(24)18-11-14(2)22-19-8-7-16(23)12-17(18)19/h3-8,11-12,23H,9-10H2,1-2H3,(H,21,24). The number of amides is 1. The first kappa shape index (κ1) is 16.0. The van der Waals surface area contributed by atoms with Gasteiger partial charge in [-0.05, 0) is 55.7 Å².